The van der Waals surface area contributed by atoms with Crippen molar-refractivity contribution in [1.29, 1.82) is 0 Å². The van der Waals surface area contributed by atoms with Crippen LogP contribution in [0.5, 0.6) is 0 Å². The third-order valence-electron chi connectivity index (χ3n) is 5.26. The number of hydrogen-bond donors (Lipinski definition) is 1. The second-order valence-corrected chi connectivity index (χ2v) is 9.58. The lowest BCUT2D eigenvalue weighted by atomic mass is 9.97. The van der Waals surface area contributed by atoms with E-state index in [1.807, 2.05) is 57.2 Å². The summed E-state index contributed by atoms with van der Waals surface area (Å²) >= 11 is 6.04. The SMILES string of the molecule is CC(C)(C)OC(=O)N1CCc2cc(C(=O)Nc3cnn(Cc4cccc(Cl)c4)c3)ccc2C1. The second-order valence-electron chi connectivity index (χ2n) is 9.15. The average molecular weight is 467 g/mol. The van der Waals surface area contributed by atoms with Gasteiger partial charge in [0.25, 0.3) is 5.91 Å². The van der Waals surface area contributed by atoms with E-state index < -0.39 is 5.60 Å². The Bertz CT molecular complexity index is 1180. The molecule has 1 N–H and O–H groups in total. The Balaban J connectivity index is 1.38. The van der Waals surface area contributed by atoms with Crippen LogP contribution >= 0.6 is 11.6 Å². The Kier molecular flexibility index (Phi) is 6.42. The Morgan fingerprint density at radius 3 is 2.73 bits per heavy atom. The maximum Gasteiger partial charge on any atom is 0.410 e. The highest BCUT2D eigenvalue weighted by molar-refractivity contribution is 6.30. The van der Waals surface area contributed by atoms with Gasteiger partial charge in [0, 0.05) is 29.9 Å². The van der Waals surface area contributed by atoms with E-state index in [1.54, 1.807) is 28.0 Å². The number of aromatic nitrogens is 2. The first kappa shape index (κ1) is 22.9. The topological polar surface area (TPSA) is 76.5 Å². The van der Waals surface area contributed by atoms with Crippen molar-refractivity contribution in [1.82, 2.24) is 14.7 Å². The molecular weight excluding hydrogens is 440 g/mol. The minimum absolute atomic E-state index is 0.199. The van der Waals surface area contributed by atoms with E-state index >= 15 is 0 Å². The standard InChI is InChI=1S/C25H27ClN4O3/c1-25(2,3)33-24(32)29-10-9-18-12-19(7-8-20(18)15-29)23(31)28-22-13-27-30(16-22)14-17-5-4-6-21(26)11-17/h4-8,11-13,16H,9-10,14-15H2,1-3H3,(H,28,31). The zero-order valence-corrected chi connectivity index (χ0v) is 19.7. The third-order valence-corrected chi connectivity index (χ3v) is 5.49. The van der Waals surface area contributed by atoms with Crippen molar-refractivity contribution in [3.05, 3.63) is 82.1 Å². The van der Waals surface area contributed by atoms with Gasteiger partial charge in [-0.2, -0.15) is 5.10 Å². The Morgan fingerprint density at radius 1 is 1.15 bits per heavy atom. The summed E-state index contributed by atoms with van der Waals surface area (Å²) in [4.78, 5) is 26.8. The van der Waals surface area contributed by atoms with Gasteiger partial charge in [-0.25, -0.2) is 4.79 Å². The summed E-state index contributed by atoms with van der Waals surface area (Å²) < 4.78 is 7.22. The summed E-state index contributed by atoms with van der Waals surface area (Å²) in [7, 11) is 0. The van der Waals surface area contributed by atoms with Gasteiger partial charge in [-0.15, -0.1) is 0 Å². The van der Waals surface area contributed by atoms with Crippen LogP contribution in [-0.4, -0.2) is 38.8 Å². The van der Waals surface area contributed by atoms with Gasteiger partial charge in [-0.3, -0.25) is 9.48 Å². The van der Waals surface area contributed by atoms with E-state index in [0.717, 1.165) is 16.7 Å². The zero-order chi connectivity index (χ0) is 23.6. The minimum atomic E-state index is -0.527. The quantitative estimate of drug-likeness (QED) is 0.578. The monoisotopic (exact) mass is 466 g/mol. The second kappa shape index (κ2) is 9.27. The van der Waals surface area contributed by atoms with Gasteiger partial charge in [0.2, 0.25) is 0 Å². The largest absolute Gasteiger partial charge is 0.444 e. The molecule has 2 heterocycles. The van der Waals surface area contributed by atoms with Crippen LogP contribution < -0.4 is 5.32 Å². The number of benzene rings is 2. The highest BCUT2D eigenvalue weighted by Gasteiger charge is 2.26. The van der Waals surface area contributed by atoms with E-state index in [1.165, 1.54) is 0 Å². The number of anilines is 1. The predicted molar refractivity (Wildman–Crippen MR) is 128 cm³/mol. The van der Waals surface area contributed by atoms with E-state index in [9.17, 15) is 9.59 Å². The summed E-state index contributed by atoms with van der Waals surface area (Å²) in [6.45, 7) is 7.16. The lowest BCUT2D eigenvalue weighted by molar-refractivity contribution is 0.0224. The smallest absolute Gasteiger partial charge is 0.410 e. The molecule has 172 valence electrons. The van der Waals surface area contributed by atoms with Crippen LogP contribution in [0.1, 0.15) is 47.8 Å². The van der Waals surface area contributed by atoms with Crippen LogP contribution in [-0.2, 0) is 24.2 Å². The first-order valence-electron chi connectivity index (χ1n) is 10.8. The van der Waals surface area contributed by atoms with Gasteiger partial charge in [0.05, 0.1) is 18.4 Å². The van der Waals surface area contributed by atoms with E-state index in [0.29, 0.717) is 42.3 Å². The highest BCUT2D eigenvalue weighted by Crippen LogP contribution is 2.23. The number of amides is 2. The van der Waals surface area contributed by atoms with Gasteiger partial charge in [0.1, 0.15) is 5.60 Å². The first-order chi connectivity index (χ1) is 15.7. The molecule has 2 aromatic carbocycles. The Morgan fingerprint density at radius 2 is 1.97 bits per heavy atom. The van der Waals surface area contributed by atoms with Crippen LogP contribution in [0.2, 0.25) is 5.02 Å². The summed E-state index contributed by atoms with van der Waals surface area (Å²) in [6, 6.07) is 13.2. The minimum Gasteiger partial charge on any atom is -0.444 e. The third kappa shape index (κ3) is 5.93. The summed E-state index contributed by atoms with van der Waals surface area (Å²) in [5.41, 5.74) is 3.79. The van der Waals surface area contributed by atoms with Crippen molar-refractivity contribution in [2.24, 2.45) is 0 Å². The van der Waals surface area contributed by atoms with Crippen molar-refractivity contribution < 1.29 is 14.3 Å². The van der Waals surface area contributed by atoms with Crippen LogP contribution in [0.4, 0.5) is 10.5 Å². The predicted octanol–water partition coefficient (Wildman–Crippen LogP) is 5.13. The van der Waals surface area contributed by atoms with Crippen LogP contribution in [0.3, 0.4) is 0 Å². The number of nitrogens with zero attached hydrogens (tertiary/aromatic N) is 3. The molecule has 0 bridgehead atoms. The number of halogens is 1. The molecule has 0 unspecified atom stereocenters. The molecule has 0 aliphatic carbocycles. The number of fused-ring (bicyclic) bond motifs is 1. The molecule has 1 aromatic heterocycles. The summed E-state index contributed by atoms with van der Waals surface area (Å²) in [5, 5.41) is 7.90. The van der Waals surface area contributed by atoms with E-state index in [2.05, 4.69) is 10.4 Å². The number of carbonyl (C=O) groups is 2. The van der Waals surface area contributed by atoms with Gasteiger partial charge < -0.3 is 15.0 Å². The molecule has 0 atom stereocenters. The molecule has 4 rings (SSSR count). The van der Waals surface area contributed by atoms with Crippen LogP contribution in [0.15, 0.2) is 54.9 Å². The number of ether oxygens (including phenoxy) is 1. The molecule has 33 heavy (non-hydrogen) atoms. The molecular formula is C25H27ClN4O3. The molecule has 2 amide bonds. The highest BCUT2D eigenvalue weighted by atomic mass is 35.5. The molecule has 1 aliphatic heterocycles. The number of rotatable bonds is 4. The van der Waals surface area contributed by atoms with Crippen molar-refractivity contribution in [3.63, 3.8) is 0 Å². The fourth-order valence-corrected chi connectivity index (χ4v) is 3.93. The molecule has 3 aromatic rings. The lowest BCUT2D eigenvalue weighted by Gasteiger charge is -2.31. The average Bonchev–Trinajstić information content (AvgIpc) is 3.18. The molecule has 0 saturated carbocycles. The lowest BCUT2D eigenvalue weighted by Crippen LogP contribution is -2.39. The number of nitrogens with one attached hydrogen (secondary N) is 1. The maximum atomic E-state index is 12.8. The Labute approximate surface area is 198 Å². The van der Waals surface area contributed by atoms with Crippen molar-refractivity contribution >= 4 is 29.3 Å². The van der Waals surface area contributed by atoms with Gasteiger partial charge in [-0.05, 0) is 68.1 Å². The van der Waals surface area contributed by atoms with E-state index in [4.69, 9.17) is 16.3 Å². The van der Waals surface area contributed by atoms with Crippen molar-refractivity contribution in [3.8, 4) is 0 Å². The molecule has 0 saturated heterocycles. The van der Waals surface area contributed by atoms with Crippen LogP contribution in [0, 0.1) is 0 Å². The molecule has 0 spiro atoms. The van der Waals surface area contributed by atoms with Crippen molar-refractivity contribution in [2.45, 2.75) is 45.9 Å². The van der Waals surface area contributed by atoms with Crippen molar-refractivity contribution in [2.75, 3.05) is 11.9 Å². The number of hydrogen-bond acceptors (Lipinski definition) is 4. The summed E-state index contributed by atoms with van der Waals surface area (Å²) in [6.07, 6.45) is 3.77. The van der Waals surface area contributed by atoms with Gasteiger partial charge in [-0.1, -0.05) is 29.8 Å². The molecule has 8 heteroatoms. The normalized spacial score (nSPS) is 13.4. The fraction of sp³-hybridized carbons (Fsp3) is 0.320. The first-order valence-corrected chi connectivity index (χ1v) is 11.2. The zero-order valence-electron chi connectivity index (χ0n) is 19.0. The molecule has 0 radical (unpaired) electrons. The fourth-order valence-electron chi connectivity index (χ4n) is 3.72. The van der Waals surface area contributed by atoms with Gasteiger partial charge in [0.15, 0.2) is 0 Å². The molecule has 1 aliphatic rings. The molecule has 0 fully saturated rings. The number of carbonyl (C=O) groups excluding carboxylic acids is 2. The van der Waals surface area contributed by atoms with Gasteiger partial charge >= 0.3 is 6.09 Å². The van der Waals surface area contributed by atoms with E-state index in [-0.39, 0.29) is 12.0 Å². The Hall–Kier alpha value is -3.32. The summed E-state index contributed by atoms with van der Waals surface area (Å²) in [5.74, 6) is -0.199. The maximum absolute atomic E-state index is 12.8. The van der Waals surface area contributed by atoms with Crippen LogP contribution in [0.25, 0.3) is 0 Å². The molecule has 7 nitrogen and oxygen atoms in total.